The molecule has 0 spiro atoms. The van der Waals surface area contributed by atoms with Crippen molar-refractivity contribution in [2.75, 3.05) is 5.32 Å². The van der Waals surface area contributed by atoms with E-state index < -0.39 is 0 Å². The van der Waals surface area contributed by atoms with Crippen molar-refractivity contribution >= 4 is 21.6 Å². The first-order valence-electron chi connectivity index (χ1n) is 5.84. The summed E-state index contributed by atoms with van der Waals surface area (Å²) in [6.07, 6.45) is 2.83. The molecule has 0 aliphatic rings. The van der Waals surface area contributed by atoms with E-state index in [1.54, 1.807) is 4.68 Å². The first-order chi connectivity index (χ1) is 8.61. The monoisotopic (exact) mass is 309 g/mol. The summed E-state index contributed by atoms with van der Waals surface area (Å²) in [6, 6.07) is 5.63. The third-order valence-electron chi connectivity index (χ3n) is 2.78. The molecule has 0 fully saturated rings. The molecule has 0 radical (unpaired) electrons. The van der Waals surface area contributed by atoms with Gasteiger partial charge in [0, 0.05) is 25.4 Å². The minimum atomic E-state index is 0.284. The van der Waals surface area contributed by atoms with Gasteiger partial charge in [-0.15, -0.1) is 0 Å². The number of phenolic OH excluding ortho intramolecular Hbond substituents is 1. The number of rotatable bonds is 4. The standard InChI is InChI=1S/C13H16BrN3O/c1-3-11-12(8-17(2)16-11)15-7-9-5-4-6-10(14)13(9)18/h4-6,8,15,18H,3,7H2,1-2H3. The van der Waals surface area contributed by atoms with Gasteiger partial charge in [0.05, 0.1) is 15.9 Å². The van der Waals surface area contributed by atoms with Crippen molar-refractivity contribution in [2.24, 2.45) is 7.05 Å². The Labute approximate surface area is 115 Å². The topological polar surface area (TPSA) is 50.1 Å². The van der Waals surface area contributed by atoms with Crippen LogP contribution in [0.4, 0.5) is 5.69 Å². The number of para-hydroxylation sites is 1. The van der Waals surface area contributed by atoms with Crippen molar-refractivity contribution in [3.63, 3.8) is 0 Å². The van der Waals surface area contributed by atoms with Crippen molar-refractivity contribution in [3.05, 3.63) is 40.1 Å². The maximum Gasteiger partial charge on any atom is 0.134 e. The number of aryl methyl sites for hydroxylation is 2. The molecule has 4 nitrogen and oxygen atoms in total. The molecule has 1 aromatic heterocycles. The van der Waals surface area contributed by atoms with Crippen molar-refractivity contribution < 1.29 is 5.11 Å². The van der Waals surface area contributed by atoms with Crippen LogP contribution in [0.25, 0.3) is 0 Å². The summed E-state index contributed by atoms with van der Waals surface area (Å²) >= 11 is 3.31. The third kappa shape index (κ3) is 2.67. The van der Waals surface area contributed by atoms with E-state index in [0.717, 1.165) is 23.4 Å². The fourth-order valence-corrected chi connectivity index (χ4v) is 2.24. The Morgan fingerprint density at radius 3 is 2.94 bits per heavy atom. The molecule has 0 saturated carbocycles. The fourth-order valence-electron chi connectivity index (χ4n) is 1.84. The van der Waals surface area contributed by atoms with Gasteiger partial charge in [0.15, 0.2) is 0 Å². The molecule has 1 aromatic carbocycles. The molecule has 0 amide bonds. The van der Waals surface area contributed by atoms with Crippen molar-refractivity contribution in [1.29, 1.82) is 0 Å². The van der Waals surface area contributed by atoms with Crippen LogP contribution in [0.1, 0.15) is 18.2 Å². The number of halogens is 1. The van der Waals surface area contributed by atoms with Gasteiger partial charge in [-0.2, -0.15) is 5.10 Å². The molecule has 0 aliphatic carbocycles. The largest absolute Gasteiger partial charge is 0.506 e. The number of anilines is 1. The molecule has 0 saturated heterocycles. The normalized spacial score (nSPS) is 10.6. The summed E-state index contributed by atoms with van der Waals surface area (Å²) in [6.45, 7) is 2.65. The van der Waals surface area contributed by atoms with Gasteiger partial charge >= 0.3 is 0 Å². The smallest absolute Gasteiger partial charge is 0.134 e. The van der Waals surface area contributed by atoms with Crippen LogP contribution in [-0.4, -0.2) is 14.9 Å². The Kier molecular flexibility index (Phi) is 3.91. The lowest BCUT2D eigenvalue weighted by Gasteiger charge is -2.08. The maximum atomic E-state index is 9.90. The molecular formula is C13H16BrN3O. The summed E-state index contributed by atoms with van der Waals surface area (Å²) in [5.41, 5.74) is 2.90. The highest BCUT2D eigenvalue weighted by molar-refractivity contribution is 9.10. The molecule has 1 heterocycles. The fraction of sp³-hybridized carbons (Fsp3) is 0.308. The number of hydrogen-bond acceptors (Lipinski definition) is 3. The first-order valence-corrected chi connectivity index (χ1v) is 6.64. The van der Waals surface area contributed by atoms with Crippen LogP contribution in [0.3, 0.4) is 0 Å². The summed E-state index contributed by atoms with van der Waals surface area (Å²) in [7, 11) is 1.90. The Balaban J connectivity index is 2.13. The zero-order chi connectivity index (χ0) is 13.1. The highest BCUT2D eigenvalue weighted by Gasteiger charge is 2.08. The van der Waals surface area contributed by atoms with Crippen molar-refractivity contribution in [2.45, 2.75) is 19.9 Å². The maximum absolute atomic E-state index is 9.90. The van der Waals surface area contributed by atoms with Gasteiger partial charge < -0.3 is 10.4 Å². The quantitative estimate of drug-likeness (QED) is 0.912. The lowest BCUT2D eigenvalue weighted by Crippen LogP contribution is -2.01. The predicted octanol–water partition coefficient (Wildman–Crippen LogP) is 3.06. The SMILES string of the molecule is CCc1nn(C)cc1NCc1cccc(Br)c1O. The predicted molar refractivity (Wildman–Crippen MR) is 75.7 cm³/mol. The van der Waals surface area contributed by atoms with Gasteiger partial charge in [0.1, 0.15) is 5.75 Å². The van der Waals surface area contributed by atoms with E-state index in [0.29, 0.717) is 11.0 Å². The Hall–Kier alpha value is -1.49. The first kappa shape index (κ1) is 13.0. The van der Waals surface area contributed by atoms with Gasteiger partial charge in [-0.3, -0.25) is 4.68 Å². The molecule has 0 unspecified atom stereocenters. The zero-order valence-electron chi connectivity index (χ0n) is 10.4. The van der Waals surface area contributed by atoms with E-state index >= 15 is 0 Å². The molecule has 2 aromatic rings. The Bertz CT molecular complexity index is 551. The second-order valence-corrected chi connectivity index (χ2v) is 4.97. The molecule has 0 aliphatic heterocycles. The third-order valence-corrected chi connectivity index (χ3v) is 3.42. The summed E-state index contributed by atoms with van der Waals surface area (Å²) in [5.74, 6) is 0.284. The van der Waals surface area contributed by atoms with Crippen LogP contribution in [-0.2, 0) is 20.0 Å². The summed E-state index contributed by atoms with van der Waals surface area (Å²) in [4.78, 5) is 0. The van der Waals surface area contributed by atoms with Crippen LogP contribution >= 0.6 is 15.9 Å². The van der Waals surface area contributed by atoms with Gasteiger partial charge in [-0.05, 0) is 28.4 Å². The molecular weight excluding hydrogens is 294 g/mol. The number of aromatic hydroxyl groups is 1. The average molecular weight is 310 g/mol. The highest BCUT2D eigenvalue weighted by Crippen LogP contribution is 2.28. The molecule has 2 rings (SSSR count). The molecule has 2 N–H and O–H groups in total. The average Bonchev–Trinajstić information content (AvgIpc) is 2.71. The van der Waals surface area contributed by atoms with E-state index in [9.17, 15) is 5.11 Å². The minimum Gasteiger partial charge on any atom is -0.506 e. The Morgan fingerprint density at radius 1 is 1.44 bits per heavy atom. The van der Waals surface area contributed by atoms with Crippen LogP contribution in [0.15, 0.2) is 28.9 Å². The van der Waals surface area contributed by atoms with E-state index in [1.807, 2.05) is 31.4 Å². The van der Waals surface area contributed by atoms with Gasteiger partial charge in [0.2, 0.25) is 0 Å². The number of hydrogen-bond donors (Lipinski definition) is 2. The molecule has 0 bridgehead atoms. The van der Waals surface area contributed by atoms with Crippen LogP contribution in [0, 0.1) is 0 Å². The van der Waals surface area contributed by atoms with E-state index in [2.05, 4.69) is 33.3 Å². The number of nitrogens with one attached hydrogen (secondary N) is 1. The summed E-state index contributed by atoms with van der Waals surface area (Å²) < 4.78 is 2.51. The number of benzene rings is 1. The van der Waals surface area contributed by atoms with Crippen LogP contribution < -0.4 is 5.32 Å². The second-order valence-electron chi connectivity index (χ2n) is 4.12. The van der Waals surface area contributed by atoms with Crippen LogP contribution in [0.2, 0.25) is 0 Å². The molecule has 18 heavy (non-hydrogen) atoms. The van der Waals surface area contributed by atoms with E-state index in [1.165, 1.54) is 0 Å². The number of aromatic nitrogens is 2. The minimum absolute atomic E-state index is 0.284. The van der Waals surface area contributed by atoms with Gasteiger partial charge in [0.25, 0.3) is 0 Å². The van der Waals surface area contributed by atoms with Crippen molar-refractivity contribution in [3.8, 4) is 5.75 Å². The van der Waals surface area contributed by atoms with Crippen molar-refractivity contribution in [1.82, 2.24) is 9.78 Å². The molecule has 5 heteroatoms. The molecule has 96 valence electrons. The number of phenols is 1. The lowest BCUT2D eigenvalue weighted by atomic mass is 10.2. The Morgan fingerprint density at radius 2 is 2.22 bits per heavy atom. The molecule has 0 atom stereocenters. The van der Waals surface area contributed by atoms with E-state index in [4.69, 9.17) is 0 Å². The van der Waals surface area contributed by atoms with Gasteiger partial charge in [-0.1, -0.05) is 19.1 Å². The number of nitrogens with zero attached hydrogens (tertiary/aromatic N) is 2. The second kappa shape index (κ2) is 5.44. The lowest BCUT2D eigenvalue weighted by molar-refractivity contribution is 0.465. The van der Waals surface area contributed by atoms with Gasteiger partial charge in [-0.25, -0.2) is 0 Å². The van der Waals surface area contributed by atoms with E-state index in [-0.39, 0.29) is 5.75 Å². The van der Waals surface area contributed by atoms with Crippen LogP contribution in [0.5, 0.6) is 5.75 Å². The summed E-state index contributed by atoms with van der Waals surface area (Å²) in [5, 5.41) is 17.6. The zero-order valence-corrected chi connectivity index (χ0v) is 12.0. The highest BCUT2D eigenvalue weighted by atomic mass is 79.9.